The van der Waals surface area contributed by atoms with E-state index in [-0.39, 0.29) is 16.5 Å². The third-order valence-corrected chi connectivity index (χ3v) is 5.15. The van der Waals surface area contributed by atoms with Crippen LogP contribution in [-0.2, 0) is 6.42 Å². The molecule has 8 nitrogen and oxygen atoms in total. The van der Waals surface area contributed by atoms with Crippen LogP contribution in [0.25, 0.3) is 0 Å². The molecule has 5 N–H and O–H groups in total. The van der Waals surface area contributed by atoms with Gasteiger partial charge in [0.15, 0.2) is 4.34 Å². The van der Waals surface area contributed by atoms with E-state index in [1.165, 1.54) is 29.2 Å². The Balaban J connectivity index is 1.89. The first-order valence-electron chi connectivity index (χ1n) is 6.14. The molecule has 0 fully saturated rings. The number of carboxylic acid groups (broad SMARTS) is 1. The van der Waals surface area contributed by atoms with Gasteiger partial charge in [0.05, 0.1) is 5.15 Å². The first-order chi connectivity index (χ1) is 10.5. The zero-order valence-corrected chi connectivity index (χ0v) is 12.6. The van der Waals surface area contributed by atoms with Crippen molar-refractivity contribution in [2.24, 2.45) is 0 Å². The van der Waals surface area contributed by atoms with E-state index < -0.39 is 18.8 Å². The minimum Gasteiger partial charge on any atom is -0.534 e. The molecule has 2 heterocycles. The van der Waals surface area contributed by atoms with Gasteiger partial charge in [0.25, 0.3) is 0 Å². The average Bonchev–Trinajstić information content (AvgIpc) is 2.85. The SMILES string of the molecule is Nc1nnc(SC2Cc3ccc(O)c(C(=O)O)c3OB2O)s1. The number of anilines is 1. The van der Waals surface area contributed by atoms with Crippen molar-refractivity contribution in [3.63, 3.8) is 0 Å². The number of carboxylic acids is 1. The predicted molar refractivity (Wildman–Crippen MR) is 81.3 cm³/mol. The van der Waals surface area contributed by atoms with E-state index in [4.69, 9.17) is 15.5 Å². The van der Waals surface area contributed by atoms with Crippen LogP contribution in [-0.4, -0.2) is 43.7 Å². The summed E-state index contributed by atoms with van der Waals surface area (Å²) in [5.74, 6) is -1.72. The quantitative estimate of drug-likeness (QED) is 0.593. The van der Waals surface area contributed by atoms with Crippen molar-refractivity contribution in [1.82, 2.24) is 10.2 Å². The summed E-state index contributed by atoms with van der Waals surface area (Å²) < 4.78 is 5.90. The van der Waals surface area contributed by atoms with Crippen molar-refractivity contribution in [2.45, 2.75) is 15.9 Å². The number of aromatic nitrogens is 2. The Morgan fingerprint density at radius 3 is 2.91 bits per heavy atom. The second kappa shape index (κ2) is 5.67. The highest BCUT2D eigenvalue weighted by Gasteiger charge is 2.39. The predicted octanol–water partition coefficient (Wildman–Crippen LogP) is 0.640. The van der Waals surface area contributed by atoms with Gasteiger partial charge in [-0.3, -0.25) is 0 Å². The molecule has 0 radical (unpaired) electrons. The van der Waals surface area contributed by atoms with E-state index in [0.717, 1.165) is 0 Å². The smallest absolute Gasteiger partial charge is 0.534 e. The number of fused-ring (bicyclic) bond motifs is 1. The summed E-state index contributed by atoms with van der Waals surface area (Å²) in [6, 6.07) is 2.87. The zero-order chi connectivity index (χ0) is 15.9. The molecule has 1 aliphatic rings. The molecular weight excluding hydrogens is 329 g/mol. The van der Waals surface area contributed by atoms with E-state index in [1.807, 2.05) is 0 Å². The molecule has 1 aliphatic heterocycles. The maximum atomic E-state index is 11.2. The van der Waals surface area contributed by atoms with Gasteiger partial charge in [0.1, 0.15) is 17.1 Å². The second-order valence-electron chi connectivity index (χ2n) is 4.53. The van der Waals surface area contributed by atoms with Crippen LogP contribution in [0.5, 0.6) is 11.5 Å². The summed E-state index contributed by atoms with van der Waals surface area (Å²) in [6.45, 7) is 0. The zero-order valence-electron chi connectivity index (χ0n) is 11.0. The first-order valence-corrected chi connectivity index (χ1v) is 7.84. The topological polar surface area (TPSA) is 139 Å². The fourth-order valence-corrected chi connectivity index (χ4v) is 4.07. The molecular formula is C11H10BN3O5S2. The first kappa shape index (κ1) is 14.9. The number of hydrogen-bond donors (Lipinski definition) is 4. The van der Waals surface area contributed by atoms with Gasteiger partial charge < -0.3 is 25.6 Å². The molecule has 0 saturated carbocycles. The lowest BCUT2D eigenvalue weighted by atomic mass is 9.77. The number of nitrogens with zero attached hydrogens (tertiary/aromatic N) is 2. The van der Waals surface area contributed by atoms with Crippen molar-refractivity contribution < 1.29 is 24.7 Å². The maximum Gasteiger partial charge on any atom is 0.537 e. The van der Waals surface area contributed by atoms with Gasteiger partial charge in [-0.25, -0.2) is 4.79 Å². The highest BCUT2D eigenvalue weighted by molar-refractivity contribution is 8.02. The molecule has 1 aromatic heterocycles. The van der Waals surface area contributed by atoms with Crippen LogP contribution in [0, 0.1) is 0 Å². The standard InChI is InChI=1S/C11H10BN3O5S2/c13-10-14-15-11(22-10)21-6-3-4-1-2-5(16)7(9(17)18)8(4)20-12(6)19/h1-2,6,16,19H,3H2,(H2,13,14)(H,17,18). The summed E-state index contributed by atoms with van der Waals surface area (Å²) in [7, 11) is -1.23. The van der Waals surface area contributed by atoms with Crippen molar-refractivity contribution in [1.29, 1.82) is 0 Å². The van der Waals surface area contributed by atoms with E-state index in [2.05, 4.69) is 10.2 Å². The molecule has 1 aromatic carbocycles. The lowest BCUT2D eigenvalue weighted by Crippen LogP contribution is -2.40. The normalized spacial score (nSPS) is 17.0. The monoisotopic (exact) mass is 339 g/mol. The minimum atomic E-state index is -1.32. The van der Waals surface area contributed by atoms with Gasteiger partial charge in [-0.15, -0.1) is 10.2 Å². The number of carbonyl (C=O) groups is 1. The van der Waals surface area contributed by atoms with Crippen molar-refractivity contribution >= 4 is 41.3 Å². The number of benzene rings is 1. The lowest BCUT2D eigenvalue weighted by molar-refractivity contribution is 0.0691. The summed E-state index contributed by atoms with van der Waals surface area (Å²) in [6.07, 6.45) is 0.362. The Hall–Kier alpha value is -1.98. The maximum absolute atomic E-state index is 11.2. The van der Waals surface area contributed by atoms with Gasteiger partial charge >= 0.3 is 13.1 Å². The van der Waals surface area contributed by atoms with Crippen LogP contribution in [0.3, 0.4) is 0 Å². The number of hydrogen-bond acceptors (Lipinski definition) is 9. The Bertz CT molecular complexity index is 741. The van der Waals surface area contributed by atoms with E-state index in [1.54, 1.807) is 6.07 Å². The fourth-order valence-electron chi connectivity index (χ4n) is 2.13. The number of nitrogen functional groups attached to an aromatic ring is 1. The van der Waals surface area contributed by atoms with Crippen molar-refractivity contribution in [3.8, 4) is 11.5 Å². The van der Waals surface area contributed by atoms with E-state index >= 15 is 0 Å². The highest BCUT2D eigenvalue weighted by Crippen LogP contribution is 2.40. The van der Waals surface area contributed by atoms with Crippen LogP contribution < -0.4 is 10.4 Å². The summed E-state index contributed by atoms with van der Waals surface area (Å²) in [4.78, 5) is 11.2. The second-order valence-corrected chi connectivity index (χ2v) is 7.02. The Morgan fingerprint density at radius 2 is 2.27 bits per heavy atom. The minimum absolute atomic E-state index is 0.00590. The van der Waals surface area contributed by atoms with Gasteiger partial charge in [0, 0.05) is 0 Å². The van der Waals surface area contributed by atoms with Gasteiger partial charge in [-0.2, -0.15) is 0 Å². The molecule has 11 heteroatoms. The van der Waals surface area contributed by atoms with Crippen LogP contribution in [0.4, 0.5) is 5.13 Å². The fraction of sp³-hybridized carbons (Fsp3) is 0.182. The van der Waals surface area contributed by atoms with Crippen molar-refractivity contribution in [2.75, 3.05) is 5.73 Å². The third-order valence-electron chi connectivity index (χ3n) is 3.08. The van der Waals surface area contributed by atoms with Crippen LogP contribution in [0.1, 0.15) is 15.9 Å². The molecule has 0 aliphatic carbocycles. The molecule has 1 atom stereocenters. The Morgan fingerprint density at radius 1 is 1.50 bits per heavy atom. The molecule has 1 unspecified atom stereocenters. The molecule has 0 bridgehead atoms. The Labute approximate surface area is 133 Å². The number of thioether (sulfide) groups is 1. The molecule has 22 heavy (non-hydrogen) atoms. The van der Waals surface area contributed by atoms with E-state index in [9.17, 15) is 14.9 Å². The average molecular weight is 339 g/mol. The van der Waals surface area contributed by atoms with Crippen LogP contribution >= 0.6 is 23.1 Å². The van der Waals surface area contributed by atoms with Gasteiger partial charge in [-0.1, -0.05) is 29.2 Å². The summed E-state index contributed by atoms with van der Waals surface area (Å²) in [5.41, 5.74) is 5.76. The van der Waals surface area contributed by atoms with Crippen LogP contribution in [0.15, 0.2) is 16.5 Å². The summed E-state index contributed by atoms with van der Waals surface area (Å²) in [5, 5.41) is 36.4. The Kier molecular flexibility index (Phi) is 3.85. The largest absolute Gasteiger partial charge is 0.537 e. The van der Waals surface area contributed by atoms with Gasteiger partial charge in [-0.05, 0) is 18.1 Å². The third kappa shape index (κ3) is 2.70. The highest BCUT2D eigenvalue weighted by atomic mass is 32.2. The molecule has 0 saturated heterocycles. The number of phenols is 1. The number of rotatable bonds is 3. The van der Waals surface area contributed by atoms with E-state index in [0.29, 0.717) is 21.5 Å². The molecule has 3 rings (SSSR count). The molecule has 0 amide bonds. The number of nitrogens with two attached hydrogens (primary N) is 1. The lowest BCUT2D eigenvalue weighted by Gasteiger charge is -2.27. The summed E-state index contributed by atoms with van der Waals surface area (Å²) >= 11 is 2.45. The molecule has 2 aromatic rings. The number of aromatic hydroxyl groups is 1. The molecule has 114 valence electrons. The van der Waals surface area contributed by atoms with Crippen molar-refractivity contribution in [3.05, 3.63) is 23.3 Å². The molecule has 0 spiro atoms. The van der Waals surface area contributed by atoms with Gasteiger partial charge in [0.2, 0.25) is 5.13 Å². The van der Waals surface area contributed by atoms with Crippen LogP contribution in [0.2, 0.25) is 0 Å². The number of aromatic carboxylic acids is 1.